The maximum absolute atomic E-state index is 12.9. The standard InChI is InChI=1S/C24H26N4O5/c29-22(25-17-6-7-20-21(14-17)33-13-12-32-20)15-26-10-8-18(9-11-26)27-16-23(30)28(24(27)31)19-4-2-1-3-5-19/h1-7,14,18H,8-13,15-16H2,(H,25,29). The SMILES string of the molecule is O=C(CN1CCC(N2CC(=O)N(c3ccccc3)C2=O)CC1)Nc1ccc2c(c1)OCCO2. The molecule has 0 saturated carbocycles. The van der Waals surface area contributed by atoms with Gasteiger partial charge in [0.2, 0.25) is 5.91 Å². The fourth-order valence-electron chi connectivity index (χ4n) is 4.55. The van der Waals surface area contributed by atoms with Crippen molar-refractivity contribution in [3.8, 4) is 11.5 Å². The van der Waals surface area contributed by atoms with Crippen molar-refractivity contribution in [2.75, 3.05) is 49.6 Å². The Bertz CT molecular complexity index is 1050. The lowest BCUT2D eigenvalue weighted by Crippen LogP contribution is -2.48. The highest BCUT2D eigenvalue weighted by Gasteiger charge is 2.41. The van der Waals surface area contributed by atoms with Crippen molar-refractivity contribution in [2.24, 2.45) is 0 Å². The Kier molecular flexibility index (Phi) is 5.87. The summed E-state index contributed by atoms with van der Waals surface area (Å²) >= 11 is 0. The zero-order valence-electron chi connectivity index (χ0n) is 18.2. The van der Waals surface area contributed by atoms with E-state index in [1.807, 2.05) is 18.2 Å². The van der Waals surface area contributed by atoms with Crippen molar-refractivity contribution in [1.82, 2.24) is 9.80 Å². The minimum Gasteiger partial charge on any atom is -0.486 e. The molecule has 2 aromatic carbocycles. The van der Waals surface area contributed by atoms with Crippen LogP contribution in [-0.4, -0.2) is 73.1 Å². The predicted octanol–water partition coefficient (Wildman–Crippen LogP) is 2.33. The minimum atomic E-state index is -0.263. The van der Waals surface area contributed by atoms with Gasteiger partial charge in [0.05, 0.1) is 12.2 Å². The molecule has 0 radical (unpaired) electrons. The quantitative estimate of drug-likeness (QED) is 0.703. The van der Waals surface area contributed by atoms with E-state index in [4.69, 9.17) is 9.47 Å². The predicted molar refractivity (Wildman–Crippen MR) is 122 cm³/mol. The molecule has 2 fully saturated rings. The lowest BCUT2D eigenvalue weighted by Gasteiger charge is -2.35. The molecular weight excluding hydrogens is 424 g/mol. The topological polar surface area (TPSA) is 91.4 Å². The zero-order valence-corrected chi connectivity index (χ0v) is 18.2. The Labute approximate surface area is 191 Å². The average Bonchev–Trinajstić information content (AvgIpc) is 3.13. The second kappa shape index (κ2) is 9.11. The molecule has 0 atom stereocenters. The molecule has 0 unspecified atom stereocenters. The van der Waals surface area contributed by atoms with Crippen LogP contribution in [0.2, 0.25) is 0 Å². The molecule has 3 aliphatic heterocycles. The van der Waals surface area contributed by atoms with E-state index < -0.39 is 0 Å². The first-order valence-electron chi connectivity index (χ1n) is 11.2. The molecule has 33 heavy (non-hydrogen) atoms. The van der Waals surface area contributed by atoms with Crippen LogP contribution >= 0.6 is 0 Å². The Hall–Kier alpha value is -3.59. The third kappa shape index (κ3) is 4.49. The second-order valence-corrected chi connectivity index (χ2v) is 8.39. The number of carbonyl (C=O) groups excluding carboxylic acids is 3. The van der Waals surface area contributed by atoms with Crippen LogP contribution in [-0.2, 0) is 9.59 Å². The molecule has 4 amide bonds. The highest BCUT2D eigenvalue weighted by Crippen LogP contribution is 2.32. The maximum Gasteiger partial charge on any atom is 0.332 e. The molecule has 0 bridgehead atoms. The van der Waals surface area contributed by atoms with E-state index in [1.165, 1.54) is 4.90 Å². The van der Waals surface area contributed by atoms with Crippen LogP contribution in [0, 0.1) is 0 Å². The molecule has 3 heterocycles. The van der Waals surface area contributed by atoms with E-state index in [0.717, 1.165) is 12.8 Å². The normalized spacial score (nSPS) is 19.2. The van der Waals surface area contributed by atoms with Crippen molar-refractivity contribution >= 4 is 29.2 Å². The number of fused-ring (bicyclic) bond motifs is 1. The summed E-state index contributed by atoms with van der Waals surface area (Å²) in [5.74, 6) is 1.01. The van der Waals surface area contributed by atoms with Gasteiger partial charge in [-0.1, -0.05) is 18.2 Å². The van der Waals surface area contributed by atoms with Gasteiger partial charge in [0, 0.05) is 30.9 Å². The molecular formula is C24H26N4O5. The Morgan fingerprint density at radius 1 is 0.970 bits per heavy atom. The van der Waals surface area contributed by atoms with E-state index in [-0.39, 0.29) is 37.0 Å². The van der Waals surface area contributed by atoms with Gasteiger partial charge in [-0.3, -0.25) is 14.5 Å². The lowest BCUT2D eigenvalue weighted by atomic mass is 10.0. The van der Waals surface area contributed by atoms with Crippen LogP contribution in [0.5, 0.6) is 11.5 Å². The van der Waals surface area contributed by atoms with Crippen LogP contribution in [0.3, 0.4) is 0 Å². The fraction of sp³-hybridized carbons (Fsp3) is 0.375. The first-order valence-corrected chi connectivity index (χ1v) is 11.2. The van der Waals surface area contributed by atoms with E-state index in [9.17, 15) is 14.4 Å². The first kappa shape index (κ1) is 21.3. The number of piperidine rings is 1. The van der Waals surface area contributed by atoms with Gasteiger partial charge >= 0.3 is 6.03 Å². The molecule has 0 spiro atoms. The third-order valence-electron chi connectivity index (χ3n) is 6.20. The molecule has 1 N–H and O–H groups in total. The average molecular weight is 450 g/mol. The highest BCUT2D eigenvalue weighted by molar-refractivity contribution is 6.19. The van der Waals surface area contributed by atoms with Gasteiger partial charge in [-0.05, 0) is 37.1 Å². The number of anilines is 2. The number of likely N-dealkylation sites (tertiary alicyclic amines) is 1. The van der Waals surface area contributed by atoms with E-state index in [0.29, 0.717) is 49.2 Å². The highest BCUT2D eigenvalue weighted by atomic mass is 16.6. The second-order valence-electron chi connectivity index (χ2n) is 8.39. The summed E-state index contributed by atoms with van der Waals surface area (Å²) in [6, 6.07) is 14.1. The van der Waals surface area contributed by atoms with Crippen molar-refractivity contribution < 1.29 is 23.9 Å². The number of nitrogens with zero attached hydrogens (tertiary/aromatic N) is 3. The molecule has 5 rings (SSSR count). The number of urea groups is 1. The lowest BCUT2D eigenvalue weighted by molar-refractivity contribution is -0.117. The van der Waals surface area contributed by atoms with Gasteiger partial charge in [0.1, 0.15) is 19.8 Å². The van der Waals surface area contributed by atoms with Gasteiger partial charge < -0.3 is 19.7 Å². The number of carbonyl (C=O) groups is 3. The number of para-hydroxylation sites is 1. The van der Waals surface area contributed by atoms with Gasteiger partial charge in [0.25, 0.3) is 5.91 Å². The summed E-state index contributed by atoms with van der Waals surface area (Å²) in [4.78, 5) is 42.9. The van der Waals surface area contributed by atoms with Crippen molar-refractivity contribution in [2.45, 2.75) is 18.9 Å². The smallest absolute Gasteiger partial charge is 0.332 e. The van der Waals surface area contributed by atoms with Crippen molar-refractivity contribution in [3.63, 3.8) is 0 Å². The monoisotopic (exact) mass is 450 g/mol. The van der Waals surface area contributed by atoms with Crippen LogP contribution in [0.1, 0.15) is 12.8 Å². The first-order chi connectivity index (χ1) is 16.1. The van der Waals surface area contributed by atoms with Crippen LogP contribution in [0.4, 0.5) is 16.2 Å². The van der Waals surface area contributed by atoms with E-state index >= 15 is 0 Å². The molecule has 3 aliphatic rings. The summed E-state index contributed by atoms with van der Waals surface area (Å²) in [6.07, 6.45) is 1.44. The summed E-state index contributed by atoms with van der Waals surface area (Å²) in [6.45, 7) is 2.75. The summed E-state index contributed by atoms with van der Waals surface area (Å²) in [5.41, 5.74) is 1.27. The number of nitrogens with one attached hydrogen (secondary N) is 1. The number of benzene rings is 2. The molecule has 2 saturated heterocycles. The van der Waals surface area contributed by atoms with Crippen LogP contribution in [0.15, 0.2) is 48.5 Å². The molecule has 9 heteroatoms. The third-order valence-corrected chi connectivity index (χ3v) is 6.20. The Morgan fingerprint density at radius 3 is 2.45 bits per heavy atom. The summed E-state index contributed by atoms with van der Waals surface area (Å²) in [7, 11) is 0. The zero-order chi connectivity index (χ0) is 22.8. The van der Waals surface area contributed by atoms with Crippen LogP contribution in [0.25, 0.3) is 0 Å². The van der Waals surface area contributed by atoms with E-state index in [2.05, 4.69) is 10.2 Å². The van der Waals surface area contributed by atoms with Crippen molar-refractivity contribution in [1.29, 1.82) is 0 Å². The number of hydrogen-bond acceptors (Lipinski definition) is 6. The number of hydrogen-bond donors (Lipinski definition) is 1. The van der Waals surface area contributed by atoms with Crippen molar-refractivity contribution in [3.05, 3.63) is 48.5 Å². The molecule has 9 nitrogen and oxygen atoms in total. The number of amides is 4. The van der Waals surface area contributed by atoms with Gasteiger partial charge in [-0.2, -0.15) is 0 Å². The van der Waals surface area contributed by atoms with E-state index in [1.54, 1.807) is 35.2 Å². The fourth-order valence-corrected chi connectivity index (χ4v) is 4.55. The number of imide groups is 1. The maximum atomic E-state index is 12.9. The number of ether oxygens (including phenoxy) is 2. The summed E-state index contributed by atoms with van der Waals surface area (Å²) < 4.78 is 11.1. The summed E-state index contributed by atoms with van der Waals surface area (Å²) in [5, 5.41) is 2.91. The van der Waals surface area contributed by atoms with Crippen LogP contribution < -0.4 is 19.7 Å². The molecule has 0 aliphatic carbocycles. The molecule has 2 aromatic rings. The van der Waals surface area contributed by atoms with Gasteiger partial charge in [-0.25, -0.2) is 9.69 Å². The van der Waals surface area contributed by atoms with Gasteiger partial charge in [0.15, 0.2) is 11.5 Å². The Morgan fingerprint density at radius 2 is 1.70 bits per heavy atom. The minimum absolute atomic E-state index is 0.00716. The Balaban J connectivity index is 1.13. The molecule has 172 valence electrons. The van der Waals surface area contributed by atoms with Gasteiger partial charge in [-0.15, -0.1) is 0 Å². The molecule has 0 aromatic heterocycles. The number of rotatable bonds is 5. The largest absolute Gasteiger partial charge is 0.486 e.